The lowest BCUT2D eigenvalue weighted by atomic mass is 9.99. The predicted molar refractivity (Wildman–Crippen MR) is 85.4 cm³/mol. The van der Waals surface area contributed by atoms with Crippen LogP contribution in [0.2, 0.25) is 5.02 Å². The molecule has 1 heterocycles. The van der Waals surface area contributed by atoms with E-state index in [0.717, 1.165) is 44.4 Å². The first-order chi connectivity index (χ1) is 10.2. The number of nitrogens with one attached hydrogen (secondary N) is 1. The number of hydrogen-bond acceptors (Lipinski definition) is 2. The summed E-state index contributed by atoms with van der Waals surface area (Å²) in [7, 11) is 0. The fourth-order valence-corrected chi connectivity index (χ4v) is 3.23. The van der Waals surface area contributed by atoms with E-state index in [2.05, 4.69) is 12.2 Å². The van der Waals surface area contributed by atoms with Crippen molar-refractivity contribution in [2.45, 2.75) is 57.6 Å². The fraction of sp³-hybridized carbons (Fsp3) is 0.647. The van der Waals surface area contributed by atoms with Crippen molar-refractivity contribution in [2.24, 2.45) is 0 Å². The second-order valence-electron chi connectivity index (χ2n) is 5.76. The maximum atomic E-state index is 13.1. The minimum Gasteiger partial charge on any atom is -0.378 e. The van der Waals surface area contributed by atoms with Crippen molar-refractivity contribution >= 4 is 11.6 Å². The molecule has 2 atom stereocenters. The van der Waals surface area contributed by atoms with E-state index in [1.807, 2.05) is 0 Å². The van der Waals surface area contributed by atoms with Gasteiger partial charge in [0.15, 0.2) is 0 Å². The lowest BCUT2D eigenvalue weighted by molar-refractivity contribution is 0.101. The Morgan fingerprint density at radius 2 is 2.33 bits per heavy atom. The maximum Gasteiger partial charge on any atom is 0.124 e. The third-order valence-electron chi connectivity index (χ3n) is 4.08. The second kappa shape index (κ2) is 8.72. The van der Waals surface area contributed by atoms with Crippen molar-refractivity contribution in [3.05, 3.63) is 34.6 Å². The summed E-state index contributed by atoms with van der Waals surface area (Å²) in [6.07, 6.45) is 7.10. The molecule has 1 aromatic carbocycles. The molecule has 1 aliphatic heterocycles. The van der Waals surface area contributed by atoms with Gasteiger partial charge in [-0.3, -0.25) is 0 Å². The van der Waals surface area contributed by atoms with Crippen molar-refractivity contribution in [3.63, 3.8) is 0 Å². The predicted octanol–water partition coefficient (Wildman–Crippen LogP) is 4.35. The van der Waals surface area contributed by atoms with E-state index < -0.39 is 0 Å². The fourth-order valence-electron chi connectivity index (χ4n) is 2.98. The van der Waals surface area contributed by atoms with E-state index in [0.29, 0.717) is 17.2 Å². The highest BCUT2D eigenvalue weighted by Gasteiger charge is 2.16. The molecule has 0 amide bonds. The van der Waals surface area contributed by atoms with Gasteiger partial charge in [-0.25, -0.2) is 4.39 Å². The van der Waals surface area contributed by atoms with Gasteiger partial charge in [0, 0.05) is 17.7 Å². The molecule has 21 heavy (non-hydrogen) atoms. The van der Waals surface area contributed by atoms with E-state index in [1.165, 1.54) is 25.0 Å². The third-order valence-corrected chi connectivity index (χ3v) is 4.43. The van der Waals surface area contributed by atoms with Crippen LogP contribution < -0.4 is 5.32 Å². The molecule has 0 radical (unpaired) electrons. The van der Waals surface area contributed by atoms with Crippen molar-refractivity contribution in [3.8, 4) is 0 Å². The van der Waals surface area contributed by atoms with Crippen LogP contribution in [-0.4, -0.2) is 25.3 Å². The molecule has 2 rings (SSSR count). The van der Waals surface area contributed by atoms with E-state index in [-0.39, 0.29) is 5.82 Å². The largest absolute Gasteiger partial charge is 0.378 e. The summed E-state index contributed by atoms with van der Waals surface area (Å²) >= 11 is 6.12. The van der Waals surface area contributed by atoms with Crippen molar-refractivity contribution in [1.29, 1.82) is 0 Å². The molecule has 0 bridgehead atoms. The van der Waals surface area contributed by atoms with Gasteiger partial charge in [0.2, 0.25) is 0 Å². The summed E-state index contributed by atoms with van der Waals surface area (Å²) in [6, 6.07) is 5.06. The van der Waals surface area contributed by atoms with Crippen LogP contribution in [0.3, 0.4) is 0 Å². The van der Waals surface area contributed by atoms with Crippen LogP contribution in [0, 0.1) is 5.82 Å². The molecule has 2 unspecified atom stereocenters. The SMILES string of the molecule is CCNC(CCCC1CCCO1)Cc1ccc(F)cc1Cl. The zero-order chi connectivity index (χ0) is 15.1. The first-order valence-corrected chi connectivity index (χ1v) is 8.35. The van der Waals surface area contributed by atoms with Crippen molar-refractivity contribution in [1.82, 2.24) is 5.32 Å². The molecule has 1 N–H and O–H groups in total. The molecule has 0 aromatic heterocycles. The lowest BCUT2D eigenvalue weighted by Crippen LogP contribution is -2.31. The summed E-state index contributed by atoms with van der Waals surface area (Å²) in [5, 5.41) is 4.03. The normalized spacial score (nSPS) is 19.9. The zero-order valence-electron chi connectivity index (χ0n) is 12.7. The number of halogens is 2. The summed E-state index contributed by atoms with van der Waals surface area (Å²) in [4.78, 5) is 0. The maximum absolute atomic E-state index is 13.1. The van der Waals surface area contributed by atoms with Crippen LogP contribution in [0.15, 0.2) is 18.2 Å². The summed E-state index contributed by atoms with van der Waals surface area (Å²) in [5.74, 6) is -0.276. The zero-order valence-corrected chi connectivity index (χ0v) is 13.5. The molecule has 4 heteroatoms. The molecular weight excluding hydrogens is 289 g/mol. The van der Waals surface area contributed by atoms with Crippen LogP contribution >= 0.6 is 11.6 Å². The summed E-state index contributed by atoms with van der Waals surface area (Å²) < 4.78 is 18.8. The minimum atomic E-state index is -0.276. The van der Waals surface area contributed by atoms with Gasteiger partial charge in [-0.05, 0) is 62.8 Å². The Bertz CT molecular complexity index is 435. The van der Waals surface area contributed by atoms with Gasteiger partial charge in [0.1, 0.15) is 5.82 Å². The standard InChI is InChI=1S/C17H25ClFNO/c1-2-20-15(5-3-6-16-7-4-10-21-16)11-13-8-9-14(19)12-17(13)18/h8-9,12,15-16,20H,2-7,10-11H2,1H3. The highest BCUT2D eigenvalue weighted by Crippen LogP contribution is 2.22. The Balaban J connectivity index is 1.82. The average Bonchev–Trinajstić information content (AvgIpc) is 2.95. The van der Waals surface area contributed by atoms with E-state index >= 15 is 0 Å². The number of hydrogen-bond donors (Lipinski definition) is 1. The van der Waals surface area contributed by atoms with Gasteiger partial charge in [0.25, 0.3) is 0 Å². The first-order valence-electron chi connectivity index (χ1n) is 7.98. The Morgan fingerprint density at radius 1 is 1.48 bits per heavy atom. The van der Waals surface area contributed by atoms with Crippen LogP contribution in [0.25, 0.3) is 0 Å². The second-order valence-corrected chi connectivity index (χ2v) is 6.17. The van der Waals surface area contributed by atoms with E-state index in [9.17, 15) is 4.39 Å². The molecule has 2 nitrogen and oxygen atoms in total. The monoisotopic (exact) mass is 313 g/mol. The first kappa shape index (κ1) is 16.7. The third kappa shape index (κ3) is 5.57. The van der Waals surface area contributed by atoms with Gasteiger partial charge in [0.05, 0.1) is 6.10 Å². The van der Waals surface area contributed by atoms with Crippen LogP contribution in [0.1, 0.15) is 44.6 Å². The van der Waals surface area contributed by atoms with Crippen LogP contribution in [0.5, 0.6) is 0 Å². The molecule has 1 saturated heterocycles. The molecule has 118 valence electrons. The van der Waals surface area contributed by atoms with Gasteiger partial charge in [-0.1, -0.05) is 24.6 Å². The smallest absolute Gasteiger partial charge is 0.124 e. The Kier molecular flexibility index (Phi) is 6.94. The van der Waals surface area contributed by atoms with Crippen LogP contribution in [-0.2, 0) is 11.2 Å². The van der Waals surface area contributed by atoms with Crippen molar-refractivity contribution in [2.75, 3.05) is 13.2 Å². The van der Waals surface area contributed by atoms with Crippen LogP contribution in [0.4, 0.5) is 4.39 Å². The topological polar surface area (TPSA) is 21.3 Å². The highest BCUT2D eigenvalue weighted by atomic mass is 35.5. The molecular formula is C17H25ClFNO. The van der Waals surface area contributed by atoms with Crippen molar-refractivity contribution < 1.29 is 9.13 Å². The molecule has 1 aliphatic rings. The number of likely N-dealkylation sites (N-methyl/N-ethyl adjacent to an activating group) is 1. The van der Waals surface area contributed by atoms with E-state index in [1.54, 1.807) is 6.07 Å². The van der Waals surface area contributed by atoms with Gasteiger partial charge < -0.3 is 10.1 Å². The molecule has 0 spiro atoms. The Labute approximate surface area is 132 Å². The van der Waals surface area contributed by atoms with E-state index in [4.69, 9.17) is 16.3 Å². The van der Waals surface area contributed by atoms with Gasteiger partial charge in [-0.15, -0.1) is 0 Å². The minimum absolute atomic E-state index is 0.276. The Hall–Kier alpha value is -0.640. The van der Waals surface area contributed by atoms with Gasteiger partial charge >= 0.3 is 0 Å². The molecule has 1 fully saturated rings. The number of benzene rings is 1. The summed E-state index contributed by atoms with van der Waals surface area (Å²) in [5.41, 5.74) is 1.01. The average molecular weight is 314 g/mol. The van der Waals surface area contributed by atoms with Gasteiger partial charge in [-0.2, -0.15) is 0 Å². The highest BCUT2D eigenvalue weighted by molar-refractivity contribution is 6.31. The lowest BCUT2D eigenvalue weighted by Gasteiger charge is -2.19. The quantitative estimate of drug-likeness (QED) is 0.770. The molecule has 0 saturated carbocycles. The summed E-state index contributed by atoms with van der Waals surface area (Å²) in [6.45, 7) is 3.97. The molecule has 1 aromatic rings. The molecule has 0 aliphatic carbocycles. The Morgan fingerprint density at radius 3 is 3.00 bits per heavy atom. The number of rotatable bonds is 8. The number of ether oxygens (including phenoxy) is 1.